The summed E-state index contributed by atoms with van der Waals surface area (Å²) in [6.07, 6.45) is 6.59. The molecule has 1 aromatic rings. The number of nitrogens with zero attached hydrogens (tertiary/aromatic N) is 1. The first-order valence-electron chi connectivity index (χ1n) is 5.94. The van der Waals surface area contributed by atoms with Gasteiger partial charge in [-0.2, -0.15) is 0 Å². The molecular weight excluding hydrogens is 200 g/mol. The van der Waals surface area contributed by atoms with E-state index in [9.17, 15) is 4.79 Å². The van der Waals surface area contributed by atoms with E-state index >= 15 is 0 Å². The third kappa shape index (κ3) is 6.98. The summed E-state index contributed by atoms with van der Waals surface area (Å²) in [4.78, 5) is 15.2. The van der Waals surface area contributed by atoms with Gasteiger partial charge in [0.1, 0.15) is 0 Å². The molecule has 1 aromatic heterocycles. The lowest BCUT2D eigenvalue weighted by molar-refractivity contribution is 0.0953. The molecule has 0 spiro atoms. The fourth-order valence-electron chi connectivity index (χ4n) is 0.978. The molecule has 1 heterocycles. The van der Waals surface area contributed by atoms with Crippen molar-refractivity contribution < 1.29 is 4.79 Å². The minimum Gasteiger partial charge on any atom is -0.352 e. The Labute approximate surface area is 98.3 Å². The number of nitrogens with one attached hydrogen (secondary N) is 1. The molecule has 0 unspecified atom stereocenters. The number of carbonyl (C=O) groups excluding carboxylic acids is 1. The summed E-state index contributed by atoms with van der Waals surface area (Å²) in [5.41, 5.74) is 0.624. The summed E-state index contributed by atoms with van der Waals surface area (Å²) >= 11 is 0. The first-order valence-corrected chi connectivity index (χ1v) is 5.94. The van der Waals surface area contributed by atoms with E-state index in [1.807, 2.05) is 0 Å². The van der Waals surface area contributed by atoms with Crippen LogP contribution >= 0.6 is 0 Å². The van der Waals surface area contributed by atoms with Crippen LogP contribution in [0.3, 0.4) is 0 Å². The van der Waals surface area contributed by atoms with E-state index in [1.165, 1.54) is 6.42 Å². The number of hydrogen-bond acceptors (Lipinski definition) is 2. The molecule has 0 aliphatic carbocycles. The van der Waals surface area contributed by atoms with Crippen LogP contribution in [0.2, 0.25) is 0 Å². The van der Waals surface area contributed by atoms with Crippen molar-refractivity contribution in [2.75, 3.05) is 6.54 Å². The van der Waals surface area contributed by atoms with Crippen LogP contribution in [0, 0.1) is 0 Å². The first kappa shape index (κ1) is 14.6. The van der Waals surface area contributed by atoms with Crippen molar-refractivity contribution >= 4 is 5.91 Å². The van der Waals surface area contributed by atoms with E-state index in [1.54, 1.807) is 24.5 Å². The lowest BCUT2D eigenvalue weighted by atomic mass is 10.2. The van der Waals surface area contributed by atoms with Gasteiger partial charge in [0.25, 0.3) is 5.91 Å². The lowest BCUT2D eigenvalue weighted by Gasteiger charge is -2.02. The molecule has 0 radical (unpaired) electrons. The van der Waals surface area contributed by atoms with Crippen molar-refractivity contribution in [3.8, 4) is 0 Å². The van der Waals surface area contributed by atoms with Crippen LogP contribution in [0.4, 0.5) is 0 Å². The molecule has 0 aromatic carbocycles. The van der Waals surface area contributed by atoms with Crippen molar-refractivity contribution in [3.05, 3.63) is 30.1 Å². The van der Waals surface area contributed by atoms with Gasteiger partial charge in [-0.05, 0) is 18.6 Å². The van der Waals surface area contributed by atoms with Gasteiger partial charge in [0.15, 0.2) is 0 Å². The van der Waals surface area contributed by atoms with Crippen LogP contribution in [0.25, 0.3) is 0 Å². The summed E-state index contributed by atoms with van der Waals surface area (Å²) in [7, 11) is 0. The van der Waals surface area contributed by atoms with Crippen LogP contribution in [0.15, 0.2) is 24.5 Å². The summed E-state index contributed by atoms with van der Waals surface area (Å²) in [5.74, 6) is -0.0402. The summed E-state index contributed by atoms with van der Waals surface area (Å²) in [6.45, 7) is 7.08. The number of carbonyl (C=O) groups is 1. The lowest BCUT2D eigenvalue weighted by Crippen LogP contribution is -2.24. The Bertz CT molecular complexity index is 273. The maximum Gasteiger partial charge on any atom is 0.252 e. The maximum atomic E-state index is 11.4. The molecule has 1 rings (SSSR count). The minimum absolute atomic E-state index is 0.0402. The molecule has 3 nitrogen and oxygen atoms in total. The maximum absolute atomic E-state index is 11.4. The van der Waals surface area contributed by atoms with E-state index in [2.05, 4.69) is 31.1 Å². The van der Waals surface area contributed by atoms with Crippen LogP contribution in [0.5, 0.6) is 0 Å². The molecule has 0 saturated carbocycles. The first-order chi connectivity index (χ1) is 7.76. The van der Waals surface area contributed by atoms with E-state index in [-0.39, 0.29) is 5.91 Å². The summed E-state index contributed by atoms with van der Waals surface area (Å²) in [5, 5.41) is 2.82. The highest BCUT2D eigenvalue weighted by Crippen LogP contribution is 1.95. The second-order valence-electron chi connectivity index (χ2n) is 3.56. The van der Waals surface area contributed by atoms with Gasteiger partial charge in [-0.25, -0.2) is 0 Å². The summed E-state index contributed by atoms with van der Waals surface area (Å²) < 4.78 is 0. The average molecular weight is 222 g/mol. The smallest absolute Gasteiger partial charge is 0.252 e. The van der Waals surface area contributed by atoms with Gasteiger partial charge in [0, 0.05) is 18.9 Å². The van der Waals surface area contributed by atoms with Gasteiger partial charge in [0.2, 0.25) is 0 Å². The Kier molecular flexibility index (Phi) is 9.27. The number of rotatable bonds is 4. The van der Waals surface area contributed by atoms with Gasteiger partial charge in [-0.1, -0.05) is 33.6 Å². The highest BCUT2D eigenvalue weighted by molar-refractivity contribution is 5.93. The van der Waals surface area contributed by atoms with Gasteiger partial charge in [0.05, 0.1) is 5.56 Å². The zero-order valence-electron chi connectivity index (χ0n) is 10.5. The molecule has 90 valence electrons. The van der Waals surface area contributed by atoms with E-state index in [0.717, 1.165) is 19.4 Å². The molecule has 1 amide bonds. The largest absolute Gasteiger partial charge is 0.352 e. The Balaban J connectivity index is 0.000000673. The highest BCUT2D eigenvalue weighted by Gasteiger charge is 2.02. The monoisotopic (exact) mass is 222 g/mol. The molecule has 0 atom stereocenters. The Morgan fingerprint density at radius 2 is 2.06 bits per heavy atom. The van der Waals surface area contributed by atoms with Crippen molar-refractivity contribution in [2.24, 2.45) is 0 Å². The van der Waals surface area contributed by atoms with E-state index in [0.29, 0.717) is 5.56 Å². The van der Waals surface area contributed by atoms with E-state index in [4.69, 9.17) is 0 Å². The second kappa shape index (κ2) is 10.1. The van der Waals surface area contributed by atoms with Crippen molar-refractivity contribution in [1.29, 1.82) is 0 Å². The molecule has 0 bridgehead atoms. The van der Waals surface area contributed by atoms with E-state index < -0.39 is 0 Å². The van der Waals surface area contributed by atoms with Gasteiger partial charge in [-0.15, -0.1) is 0 Å². The molecule has 0 fully saturated rings. The predicted molar refractivity (Wildman–Crippen MR) is 67.4 cm³/mol. The van der Waals surface area contributed by atoms with Gasteiger partial charge in [-0.3, -0.25) is 9.78 Å². The number of pyridine rings is 1. The van der Waals surface area contributed by atoms with Crippen LogP contribution in [-0.4, -0.2) is 17.4 Å². The second-order valence-corrected chi connectivity index (χ2v) is 3.56. The molecular formula is C13H22N2O. The molecule has 0 aliphatic rings. The zero-order valence-corrected chi connectivity index (χ0v) is 10.5. The third-order valence-electron chi connectivity index (χ3n) is 1.74. The Hall–Kier alpha value is -1.38. The van der Waals surface area contributed by atoms with Gasteiger partial charge >= 0.3 is 0 Å². The van der Waals surface area contributed by atoms with Crippen LogP contribution < -0.4 is 5.32 Å². The quantitative estimate of drug-likeness (QED) is 0.796. The topological polar surface area (TPSA) is 42.0 Å². The molecule has 16 heavy (non-hydrogen) atoms. The van der Waals surface area contributed by atoms with Crippen molar-refractivity contribution in [3.63, 3.8) is 0 Å². The normalized spacial score (nSPS) is 8.94. The predicted octanol–water partition coefficient (Wildman–Crippen LogP) is 3.03. The number of amides is 1. The van der Waals surface area contributed by atoms with Crippen molar-refractivity contribution in [2.45, 2.75) is 40.0 Å². The molecule has 0 aliphatic heterocycles. The standard InChI is InChI=1S/C10H14N2O.C3H8/c1-2-3-7-12-10(13)9-5-4-6-11-8-9;1-3-2/h4-6,8H,2-3,7H2,1H3,(H,12,13);3H2,1-2H3. The highest BCUT2D eigenvalue weighted by atomic mass is 16.1. The van der Waals surface area contributed by atoms with Crippen LogP contribution in [0.1, 0.15) is 50.4 Å². The molecule has 0 saturated heterocycles. The zero-order chi connectivity index (χ0) is 12.2. The fraction of sp³-hybridized carbons (Fsp3) is 0.538. The Morgan fingerprint density at radius 1 is 1.38 bits per heavy atom. The minimum atomic E-state index is -0.0402. The number of unbranched alkanes of at least 4 members (excludes halogenated alkanes) is 1. The Morgan fingerprint density at radius 3 is 2.56 bits per heavy atom. The van der Waals surface area contributed by atoms with Crippen molar-refractivity contribution in [1.82, 2.24) is 10.3 Å². The molecule has 3 heteroatoms. The summed E-state index contributed by atoms with van der Waals surface area (Å²) in [6, 6.07) is 3.52. The fourth-order valence-corrected chi connectivity index (χ4v) is 0.978. The number of aromatic nitrogens is 1. The SMILES string of the molecule is CCC.CCCCNC(=O)c1cccnc1. The third-order valence-corrected chi connectivity index (χ3v) is 1.74. The van der Waals surface area contributed by atoms with Gasteiger partial charge < -0.3 is 5.32 Å². The molecule has 1 N–H and O–H groups in total. The van der Waals surface area contributed by atoms with Crippen LogP contribution in [-0.2, 0) is 0 Å². The average Bonchev–Trinajstić information content (AvgIpc) is 2.31. The number of hydrogen-bond donors (Lipinski definition) is 1.